The molecule has 1 aromatic rings. The minimum Gasteiger partial charge on any atom is -0.496 e. The van der Waals surface area contributed by atoms with Gasteiger partial charge in [0.15, 0.2) is 0 Å². The van der Waals surface area contributed by atoms with Gasteiger partial charge in [0.1, 0.15) is 5.75 Å². The number of nitrogens with one attached hydrogen (secondary N) is 1. The molecule has 18 heavy (non-hydrogen) atoms. The largest absolute Gasteiger partial charge is 0.496 e. The molecule has 3 heteroatoms. The highest BCUT2D eigenvalue weighted by atomic mass is 16.5. The second-order valence-corrected chi connectivity index (χ2v) is 5.53. The molecule has 0 aliphatic rings. The van der Waals surface area contributed by atoms with Crippen LogP contribution >= 0.6 is 0 Å². The van der Waals surface area contributed by atoms with E-state index in [4.69, 9.17) is 10.5 Å². The lowest BCUT2D eigenvalue weighted by atomic mass is 9.91. The van der Waals surface area contributed by atoms with Crippen molar-refractivity contribution in [3.8, 4) is 5.75 Å². The average molecular weight is 250 g/mol. The third kappa shape index (κ3) is 4.31. The molecule has 1 atom stereocenters. The molecule has 0 bridgehead atoms. The van der Waals surface area contributed by atoms with E-state index in [1.165, 1.54) is 5.56 Å². The molecule has 0 saturated heterocycles. The van der Waals surface area contributed by atoms with Crippen LogP contribution in [-0.4, -0.2) is 25.7 Å². The predicted octanol–water partition coefficient (Wildman–Crippen LogP) is 2.20. The topological polar surface area (TPSA) is 47.3 Å². The third-order valence-corrected chi connectivity index (χ3v) is 3.16. The van der Waals surface area contributed by atoms with Crippen LogP contribution in [0.2, 0.25) is 0 Å². The van der Waals surface area contributed by atoms with Gasteiger partial charge in [-0.15, -0.1) is 0 Å². The molecular formula is C15H26N2O. The van der Waals surface area contributed by atoms with Crippen LogP contribution in [0.1, 0.15) is 26.3 Å². The molecule has 0 radical (unpaired) electrons. The van der Waals surface area contributed by atoms with E-state index in [9.17, 15) is 0 Å². The van der Waals surface area contributed by atoms with Gasteiger partial charge in [-0.05, 0) is 37.4 Å². The minimum absolute atomic E-state index is 0.0844. The van der Waals surface area contributed by atoms with E-state index in [-0.39, 0.29) is 5.54 Å². The number of methoxy groups -OCH3 is 1. The lowest BCUT2D eigenvalue weighted by molar-refractivity contribution is 0.333. The van der Waals surface area contributed by atoms with E-state index in [1.807, 2.05) is 18.2 Å². The molecule has 0 spiro atoms. The van der Waals surface area contributed by atoms with Crippen LogP contribution in [0.5, 0.6) is 5.75 Å². The molecule has 0 saturated carbocycles. The fourth-order valence-corrected chi connectivity index (χ4v) is 1.93. The molecule has 0 aliphatic carbocycles. The van der Waals surface area contributed by atoms with Crippen LogP contribution in [0, 0.1) is 5.92 Å². The Kier molecular flexibility index (Phi) is 5.63. The summed E-state index contributed by atoms with van der Waals surface area (Å²) in [5.41, 5.74) is 7.04. The van der Waals surface area contributed by atoms with Crippen LogP contribution < -0.4 is 15.8 Å². The van der Waals surface area contributed by atoms with Crippen LogP contribution in [0.25, 0.3) is 0 Å². The molecule has 0 fully saturated rings. The standard InChI is InChI=1S/C15H26N2O/c1-12(2)10-17-15(3,11-16)9-13-7-5-6-8-14(13)18-4/h5-8,12,17H,9-11,16H2,1-4H3. The van der Waals surface area contributed by atoms with E-state index in [1.54, 1.807) is 7.11 Å². The second kappa shape index (κ2) is 6.76. The van der Waals surface area contributed by atoms with E-state index in [0.717, 1.165) is 18.7 Å². The lowest BCUT2D eigenvalue weighted by Gasteiger charge is -2.31. The van der Waals surface area contributed by atoms with Gasteiger partial charge in [-0.2, -0.15) is 0 Å². The Morgan fingerprint density at radius 3 is 2.56 bits per heavy atom. The van der Waals surface area contributed by atoms with E-state index < -0.39 is 0 Å². The SMILES string of the molecule is COc1ccccc1CC(C)(CN)NCC(C)C. The molecule has 102 valence electrons. The summed E-state index contributed by atoms with van der Waals surface area (Å²) in [7, 11) is 1.71. The Balaban J connectivity index is 2.77. The van der Waals surface area contributed by atoms with Crippen LogP contribution in [0.3, 0.4) is 0 Å². The van der Waals surface area contributed by atoms with Crippen molar-refractivity contribution in [3.05, 3.63) is 29.8 Å². The minimum atomic E-state index is -0.0844. The molecular weight excluding hydrogens is 224 g/mol. The highest BCUT2D eigenvalue weighted by Gasteiger charge is 2.23. The Hall–Kier alpha value is -1.06. The molecule has 0 aromatic heterocycles. The highest BCUT2D eigenvalue weighted by Crippen LogP contribution is 2.22. The van der Waals surface area contributed by atoms with Gasteiger partial charge >= 0.3 is 0 Å². The first-order valence-corrected chi connectivity index (χ1v) is 6.58. The number of hydrogen-bond donors (Lipinski definition) is 2. The maximum absolute atomic E-state index is 5.93. The Morgan fingerprint density at radius 2 is 2.00 bits per heavy atom. The summed E-state index contributed by atoms with van der Waals surface area (Å²) in [5, 5.41) is 3.56. The number of benzene rings is 1. The number of nitrogens with two attached hydrogens (primary N) is 1. The van der Waals surface area contributed by atoms with Crippen molar-refractivity contribution >= 4 is 0 Å². The van der Waals surface area contributed by atoms with Gasteiger partial charge in [-0.3, -0.25) is 0 Å². The normalized spacial score (nSPS) is 14.6. The molecule has 0 amide bonds. The van der Waals surface area contributed by atoms with Crippen molar-refractivity contribution in [3.63, 3.8) is 0 Å². The van der Waals surface area contributed by atoms with Crippen LogP contribution in [0.4, 0.5) is 0 Å². The van der Waals surface area contributed by atoms with Gasteiger partial charge in [-0.1, -0.05) is 32.0 Å². The van der Waals surface area contributed by atoms with Crippen molar-refractivity contribution < 1.29 is 4.74 Å². The van der Waals surface area contributed by atoms with Crippen molar-refractivity contribution in [1.29, 1.82) is 0 Å². The van der Waals surface area contributed by atoms with Gasteiger partial charge in [-0.25, -0.2) is 0 Å². The first kappa shape index (κ1) is 15.0. The smallest absolute Gasteiger partial charge is 0.122 e. The maximum Gasteiger partial charge on any atom is 0.122 e. The first-order chi connectivity index (χ1) is 8.50. The molecule has 0 heterocycles. The summed E-state index contributed by atoms with van der Waals surface area (Å²) in [4.78, 5) is 0. The van der Waals surface area contributed by atoms with Crippen molar-refractivity contribution in [2.45, 2.75) is 32.7 Å². The van der Waals surface area contributed by atoms with Crippen molar-refractivity contribution in [2.75, 3.05) is 20.2 Å². The van der Waals surface area contributed by atoms with Gasteiger partial charge < -0.3 is 15.8 Å². The zero-order valence-corrected chi connectivity index (χ0v) is 12.0. The molecule has 1 aromatic carbocycles. The van der Waals surface area contributed by atoms with Gasteiger partial charge in [0.2, 0.25) is 0 Å². The summed E-state index contributed by atoms with van der Waals surface area (Å²) in [5.74, 6) is 1.55. The van der Waals surface area contributed by atoms with E-state index >= 15 is 0 Å². The summed E-state index contributed by atoms with van der Waals surface area (Å²) >= 11 is 0. The fourth-order valence-electron chi connectivity index (χ4n) is 1.93. The highest BCUT2D eigenvalue weighted by molar-refractivity contribution is 5.34. The number of rotatable bonds is 7. The number of para-hydroxylation sites is 1. The molecule has 0 aliphatic heterocycles. The van der Waals surface area contributed by atoms with Crippen molar-refractivity contribution in [2.24, 2.45) is 11.7 Å². The second-order valence-electron chi connectivity index (χ2n) is 5.53. The lowest BCUT2D eigenvalue weighted by Crippen LogP contribution is -2.51. The Labute approximate surface area is 111 Å². The predicted molar refractivity (Wildman–Crippen MR) is 77.0 cm³/mol. The summed E-state index contributed by atoms with van der Waals surface area (Å²) < 4.78 is 5.39. The molecule has 1 unspecified atom stereocenters. The summed E-state index contributed by atoms with van der Waals surface area (Å²) in [6, 6.07) is 8.12. The zero-order chi connectivity index (χ0) is 13.6. The fraction of sp³-hybridized carbons (Fsp3) is 0.600. The van der Waals surface area contributed by atoms with E-state index in [2.05, 4.69) is 32.2 Å². The van der Waals surface area contributed by atoms with Crippen molar-refractivity contribution in [1.82, 2.24) is 5.32 Å². The van der Waals surface area contributed by atoms with Crippen LogP contribution in [0.15, 0.2) is 24.3 Å². The molecule has 3 nitrogen and oxygen atoms in total. The first-order valence-electron chi connectivity index (χ1n) is 6.58. The average Bonchev–Trinajstić information content (AvgIpc) is 2.37. The van der Waals surface area contributed by atoms with Gasteiger partial charge in [0.25, 0.3) is 0 Å². The van der Waals surface area contributed by atoms with E-state index in [0.29, 0.717) is 12.5 Å². The third-order valence-electron chi connectivity index (χ3n) is 3.16. The van der Waals surface area contributed by atoms with Gasteiger partial charge in [0.05, 0.1) is 7.11 Å². The molecule has 3 N–H and O–H groups in total. The number of ether oxygens (including phenoxy) is 1. The maximum atomic E-state index is 5.93. The molecule has 1 rings (SSSR count). The summed E-state index contributed by atoms with van der Waals surface area (Å²) in [6.07, 6.45) is 0.875. The Bertz CT molecular complexity index is 365. The zero-order valence-electron chi connectivity index (χ0n) is 12.0. The van der Waals surface area contributed by atoms with Gasteiger partial charge in [0, 0.05) is 12.1 Å². The summed E-state index contributed by atoms with van der Waals surface area (Å²) in [6.45, 7) is 8.16. The Morgan fingerprint density at radius 1 is 1.33 bits per heavy atom. The number of hydrogen-bond acceptors (Lipinski definition) is 3. The van der Waals surface area contributed by atoms with Crippen LogP contribution in [-0.2, 0) is 6.42 Å². The monoisotopic (exact) mass is 250 g/mol. The quantitative estimate of drug-likeness (QED) is 0.780.